The van der Waals surface area contributed by atoms with Crippen LogP contribution >= 0.6 is 12.2 Å². The number of thiocarbonyl (C=S) groups is 1. The lowest BCUT2D eigenvalue weighted by Crippen LogP contribution is -2.46. The second kappa shape index (κ2) is 5.92. The number of hydrogen-bond donors (Lipinski definition) is 4. The highest BCUT2D eigenvalue weighted by Gasteiger charge is 1.97. The second-order valence-electron chi connectivity index (χ2n) is 3.12. The van der Waals surface area contributed by atoms with Crippen LogP contribution in [0.1, 0.15) is 12.5 Å². The number of nitrogens with two attached hydrogens (primary N) is 1. The lowest BCUT2D eigenvalue weighted by molar-refractivity contribution is 0.247. The zero-order chi connectivity index (χ0) is 12.0. The number of benzene rings is 1. The van der Waals surface area contributed by atoms with Gasteiger partial charge < -0.3 is 11.1 Å². The summed E-state index contributed by atoms with van der Waals surface area (Å²) in [5.41, 5.74) is 11.6. The van der Waals surface area contributed by atoms with Crippen LogP contribution in [0, 0.1) is 0 Å². The fourth-order valence-corrected chi connectivity index (χ4v) is 1.27. The largest absolute Gasteiger partial charge is 0.350 e. The van der Waals surface area contributed by atoms with Crippen molar-refractivity contribution >= 4 is 29.0 Å². The maximum Gasteiger partial charge on any atom is 0.330 e. The lowest BCUT2D eigenvalue weighted by Gasteiger charge is -2.10. The Bertz CT molecular complexity index is 377. The summed E-state index contributed by atoms with van der Waals surface area (Å²) < 4.78 is 0. The van der Waals surface area contributed by atoms with Crippen LogP contribution < -0.4 is 21.9 Å². The van der Waals surface area contributed by atoms with Gasteiger partial charge in [0.25, 0.3) is 0 Å². The van der Waals surface area contributed by atoms with E-state index in [1.807, 2.05) is 24.3 Å². The standard InChI is InChI=1S/C10H14N4OS/c1-2-7-3-5-8(6-4-7)12-10(16)14-13-9(11)15/h3-6H,2H2,1H3,(H3,11,13,15)(H2,12,14,16). The van der Waals surface area contributed by atoms with Gasteiger partial charge in [0.05, 0.1) is 0 Å². The molecule has 0 heterocycles. The minimum atomic E-state index is -0.689. The smallest absolute Gasteiger partial charge is 0.330 e. The summed E-state index contributed by atoms with van der Waals surface area (Å²) in [6.07, 6.45) is 0.992. The van der Waals surface area contributed by atoms with E-state index in [4.69, 9.17) is 18.0 Å². The summed E-state index contributed by atoms with van der Waals surface area (Å²) in [6, 6.07) is 7.15. The first-order valence-electron chi connectivity index (χ1n) is 4.83. The molecule has 0 fully saturated rings. The van der Waals surface area contributed by atoms with Crippen LogP contribution in [0.2, 0.25) is 0 Å². The minimum absolute atomic E-state index is 0.281. The normalized spacial score (nSPS) is 9.31. The molecule has 0 bridgehead atoms. The van der Waals surface area contributed by atoms with Crippen LogP contribution in [0.3, 0.4) is 0 Å². The molecule has 0 aliphatic carbocycles. The van der Waals surface area contributed by atoms with E-state index in [2.05, 4.69) is 23.1 Å². The number of nitrogens with one attached hydrogen (secondary N) is 3. The minimum Gasteiger partial charge on any atom is -0.350 e. The number of amides is 2. The van der Waals surface area contributed by atoms with Gasteiger partial charge in [-0.3, -0.25) is 5.43 Å². The molecule has 0 aliphatic heterocycles. The first-order valence-corrected chi connectivity index (χ1v) is 5.24. The van der Waals surface area contributed by atoms with Gasteiger partial charge >= 0.3 is 6.03 Å². The molecule has 0 saturated carbocycles. The summed E-state index contributed by atoms with van der Waals surface area (Å²) in [6.45, 7) is 2.09. The average molecular weight is 238 g/mol. The Morgan fingerprint density at radius 3 is 2.44 bits per heavy atom. The van der Waals surface area contributed by atoms with E-state index in [1.165, 1.54) is 5.56 Å². The van der Waals surface area contributed by atoms with Crippen molar-refractivity contribution in [3.63, 3.8) is 0 Å². The number of hydrazine groups is 1. The fourth-order valence-electron chi connectivity index (χ4n) is 1.10. The number of anilines is 1. The first-order chi connectivity index (χ1) is 7.61. The number of urea groups is 1. The third-order valence-electron chi connectivity index (χ3n) is 1.92. The van der Waals surface area contributed by atoms with E-state index in [0.717, 1.165) is 12.1 Å². The van der Waals surface area contributed by atoms with E-state index < -0.39 is 6.03 Å². The maximum atomic E-state index is 10.4. The van der Waals surface area contributed by atoms with Gasteiger partial charge in [0, 0.05) is 5.69 Å². The molecule has 2 amide bonds. The third-order valence-corrected chi connectivity index (χ3v) is 2.12. The summed E-state index contributed by atoms with van der Waals surface area (Å²) in [5.74, 6) is 0. The molecular formula is C10H14N4OS. The molecular weight excluding hydrogens is 224 g/mol. The molecule has 5 nitrogen and oxygen atoms in total. The van der Waals surface area contributed by atoms with Crippen LogP contribution in [0.15, 0.2) is 24.3 Å². The zero-order valence-corrected chi connectivity index (χ0v) is 9.73. The molecule has 16 heavy (non-hydrogen) atoms. The monoisotopic (exact) mass is 238 g/mol. The molecule has 0 radical (unpaired) electrons. The topological polar surface area (TPSA) is 79.2 Å². The highest BCUT2D eigenvalue weighted by atomic mass is 32.1. The molecule has 1 aromatic rings. The van der Waals surface area contributed by atoms with Gasteiger partial charge in [-0.25, -0.2) is 10.2 Å². The summed E-state index contributed by atoms with van der Waals surface area (Å²) in [7, 11) is 0. The van der Waals surface area contributed by atoms with E-state index >= 15 is 0 Å². The lowest BCUT2D eigenvalue weighted by atomic mass is 10.1. The van der Waals surface area contributed by atoms with Crippen molar-refractivity contribution in [3.05, 3.63) is 29.8 Å². The number of aryl methyl sites for hydroxylation is 1. The highest BCUT2D eigenvalue weighted by molar-refractivity contribution is 7.80. The second-order valence-corrected chi connectivity index (χ2v) is 3.53. The number of carbonyl (C=O) groups excluding carboxylic acids is 1. The maximum absolute atomic E-state index is 10.4. The van der Waals surface area contributed by atoms with Crippen LogP contribution in [-0.4, -0.2) is 11.1 Å². The Hall–Kier alpha value is -1.82. The van der Waals surface area contributed by atoms with Crippen molar-refractivity contribution < 1.29 is 4.79 Å². The van der Waals surface area contributed by atoms with Gasteiger partial charge in [-0.05, 0) is 36.3 Å². The van der Waals surface area contributed by atoms with Gasteiger partial charge in [0.15, 0.2) is 5.11 Å². The Labute approximate surface area is 99.4 Å². The predicted octanol–water partition coefficient (Wildman–Crippen LogP) is 1.12. The third kappa shape index (κ3) is 4.14. The molecule has 0 aliphatic rings. The van der Waals surface area contributed by atoms with E-state index in [-0.39, 0.29) is 5.11 Å². The molecule has 0 spiro atoms. The van der Waals surface area contributed by atoms with Gasteiger partial charge in [-0.1, -0.05) is 19.1 Å². The summed E-state index contributed by atoms with van der Waals surface area (Å²) in [5, 5.41) is 3.18. The van der Waals surface area contributed by atoms with Crippen molar-refractivity contribution in [1.29, 1.82) is 0 Å². The van der Waals surface area contributed by atoms with E-state index in [0.29, 0.717) is 0 Å². The Balaban J connectivity index is 2.46. The quantitative estimate of drug-likeness (QED) is 0.460. The predicted molar refractivity (Wildman–Crippen MR) is 67.9 cm³/mol. The molecule has 1 rings (SSSR count). The number of rotatable bonds is 2. The van der Waals surface area contributed by atoms with Gasteiger partial charge in [-0.15, -0.1) is 0 Å². The Kier molecular flexibility index (Phi) is 4.53. The van der Waals surface area contributed by atoms with Crippen LogP contribution in [-0.2, 0) is 6.42 Å². The van der Waals surface area contributed by atoms with Crippen molar-refractivity contribution in [3.8, 4) is 0 Å². The first kappa shape index (κ1) is 12.3. The molecule has 0 unspecified atom stereocenters. The van der Waals surface area contributed by atoms with Gasteiger partial charge in [-0.2, -0.15) is 0 Å². The van der Waals surface area contributed by atoms with E-state index in [1.54, 1.807) is 0 Å². The summed E-state index contributed by atoms with van der Waals surface area (Å²) in [4.78, 5) is 10.4. The summed E-state index contributed by atoms with van der Waals surface area (Å²) >= 11 is 4.92. The molecule has 5 N–H and O–H groups in total. The molecule has 1 aromatic carbocycles. The Morgan fingerprint density at radius 1 is 1.31 bits per heavy atom. The van der Waals surface area contributed by atoms with Gasteiger partial charge in [0.2, 0.25) is 0 Å². The molecule has 0 saturated heterocycles. The van der Waals surface area contributed by atoms with Crippen molar-refractivity contribution in [2.45, 2.75) is 13.3 Å². The SMILES string of the molecule is CCc1ccc(NC(=S)NNC(N)=O)cc1. The zero-order valence-electron chi connectivity index (χ0n) is 8.91. The van der Waals surface area contributed by atoms with Crippen LogP contribution in [0.4, 0.5) is 10.5 Å². The van der Waals surface area contributed by atoms with Crippen LogP contribution in [0.5, 0.6) is 0 Å². The van der Waals surface area contributed by atoms with Crippen LogP contribution in [0.25, 0.3) is 0 Å². The number of primary amides is 1. The van der Waals surface area contributed by atoms with E-state index in [9.17, 15) is 4.79 Å². The van der Waals surface area contributed by atoms with Gasteiger partial charge in [0.1, 0.15) is 0 Å². The average Bonchev–Trinajstić information content (AvgIpc) is 2.27. The fraction of sp³-hybridized carbons (Fsp3) is 0.200. The molecule has 0 atom stereocenters. The number of hydrogen-bond acceptors (Lipinski definition) is 2. The molecule has 6 heteroatoms. The Morgan fingerprint density at radius 2 is 1.94 bits per heavy atom. The van der Waals surface area contributed by atoms with Crippen molar-refractivity contribution in [1.82, 2.24) is 10.9 Å². The van der Waals surface area contributed by atoms with Crippen molar-refractivity contribution in [2.75, 3.05) is 5.32 Å². The number of carbonyl (C=O) groups is 1. The molecule has 0 aromatic heterocycles. The highest BCUT2D eigenvalue weighted by Crippen LogP contribution is 2.09. The molecule has 86 valence electrons. The van der Waals surface area contributed by atoms with Crippen molar-refractivity contribution in [2.24, 2.45) is 5.73 Å².